The number of aryl methyl sites for hydroxylation is 2. The third-order valence-electron chi connectivity index (χ3n) is 5.55. The first kappa shape index (κ1) is 19.8. The van der Waals surface area contributed by atoms with E-state index in [4.69, 9.17) is 4.42 Å². The second-order valence-electron chi connectivity index (χ2n) is 7.53. The largest absolute Gasteiger partial charge is 0.467 e. The molecule has 3 aromatic rings. The number of benzene rings is 2. The molecule has 0 spiro atoms. The van der Waals surface area contributed by atoms with Gasteiger partial charge >= 0.3 is 11.8 Å². The molecule has 1 atom stereocenters. The zero-order valence-electron chi connectivity index (χ0n) is 17.1. The molecule has 0 saturated heterocycles. The predicted molar refractivity (Wildman–Crippen MR) is 116 cm³/mol. The fraction of sp³-hybridized carbons (Fsp3) is 0.250. The highest BCUT2D eigenvalue weighted by molar-refractivity contribution is 6.39. The average Bonchev–Trinajstić information content (AvgIpc) is 3.42. The van der Waals surface area contributed by atoms with Crippen LogP contribution in [0.2, 0.25) is 0 Å². The van der Waals surface area contributed by atoms with Crippen molar-refractivity contribution in [1.82, 2.24) is 5.32 Å². The van der Waals surface area contributed by atoms with Gasteiger partial charge in [-0.2, -0.15) is 0 Å². The number of nitrogens with zero attached hydrogens (tertiary/aromatic N) is 1. The molecule has 1 aliphatic rings. The summed E-state index contributed by atoms with van der Waals surface area (Å²) in [5, 5.41) is 5.52. The van der Waals surface area contributed by atoms with Crippen LogP contribution in [0, 0.1) is 13.8 Å². The van der Waals surface area contributed by atoms with Crippen LogP contribution in [0.25, 0.3) is 0 Å². The van der Waals surface area contributed by atoms with Gasteiger partial charge in [-0.15, -0.1) is 0 Å². The van der Waals surface area contributed by atoms with E-state index in [-0.39, 0.29) is 12.6 Å². The van der Waals surface area contributed by atoms with Crippen molar-refractivity contribution in [3.63, 3.8) is 0 Å². The Kier molecular flexibility index (Phi) is 5.57. The Balaban J connectivity index is 1.47. The molecule has 0 saturated carbocycles. The van der Waals surface area contributed by atoms with Gasteiger partial charge in [0.15, 0.2) is 0 Å². The molecule has 6 nitrogen and oxygen atoms in total. The summed E-state index contributed by atoms with van der Waals surface area (Å²) in [7, 11) is 0. The number of furan rings is 1. The van der Waals surface area contributed by atoms with Crippen LogP contribution < -0.4 is 15.5 Å². The van der Waals surface area contributed by atoms with E-state index in [0.29, 0.717) is 5.69 Å². The molecule has 30 heavy (non-hydrogen) atoms. The Labute approximate surface area is 175 Å². The monoisotopic (exact) mass is 403 g/mol. The summed E-state index contributed by atoms with van der Waals surface area (Å²) in [5.41, 5.74) is 4.91. The summed E-state index contributed by atoms with van der Waals surface area (Å²) < 4.78 is 5.65. The molecule has 4 rings (SSSR count). The number of carbonyl (C=O) groups excluding carboxylic acids is 2. The quantitative estimate of drug-likeness (QED) is 0.636. The molecule has 2 amide bonds. The Morgan fingerprint density at radius 2 is 1.77 bits per heavy atom. The Morgan fingerprint density at radius 3 is 2.50 bits per heavy atom. The van der Waals surface area contributed by atoms with Gasteiger partial charge < -0.3 is 20.0 Å². The van der Waals surface area contributed by atoms with Crippen molar-refractivity contribution in [1.29, 1.82) is 0 Å². The minimum absolute atomic E-state index is 0.194. The molecule has 6 heteroatoms. The lowest BCUT2D eigenvalue weighted by Crippen LogP contribution is -2.41. The lowest BCUT2D eigenvalue weighted by atomic mass is 10.1. The molecule has 0 unspecified atom stereocenters. The van der Waals surface area contributed by atoms with E-state index in [9.17, 15) is 9.59 Å². The van der Waals surface area contributed by atoms with E-state index < -0.39 is 11.8 Å². The van der Waals surface area contributed by atoms with Crippen LogP contribution in [-0.4, -0.2) is 24.9 Å². The van der Waals surface area contributed by atoms with Gasteiger partial charge in [0.1, 0.15) is 11.8 Å². The highest BCUT2D eigenvalue weighted by Crippen LogP contribution is 2.34. The molecule has 154 valence electrons. The van der Waals surface area contributed by atoms with Crippen molar-refractivity contribution < 1.29 is 14.0 Å². The number of fused-ring (bicyclic) bond motifs is 1. The maximum absolute atomic E-state index is 12.5. The molecule has 2 heterocycles. The number of para-hydroxylation sites is 2. The van der Waals surface area contributed by atoms with Gasteiger partial charge in [-0.05, 0) is 55.2 Å². The van der Waals surface area contributed by atoms with Crippen molar-refractivity contribution in [2.24, 2.45) is 0 Å². The van der Waals surface area contributed by atoms with Gasteiger partial charge in [0.05, 0.1) is 6.26 Å². The molecular formula is C24H25N3O3. The Morgan fingerprint density at radius 1 is 1.00 bits per heavy atom. The minimum Gasteiger partial charge on any atom is -0.467 e. The number of rotatable bonds is 5. The molecule has 0 bridgehead atoms. The minimum atomic E-state index is -0.674. The van der Waals surface area contributed by atoms with Crippen molar-refractivity contribution in [2.75, 3.05) is 23.3 Å². The highest BCUT2D eigenvalue weighted by Gasteiger charge is 2.29. The van der Waals surface area contributed by atoms with E-state index in [1.54, 1.807) is 6.26 Å². The van der Waals surface area contributed by atoms with E-state index in [2.05, 4.69) is 27.7 Å². The first-order valence-electron chi connectivity index (χ1n) is 10.1. The van der Waals surface area contributed by atoms with E-state index in [0.717, 1.165) is 35.5 Å². The molecule has 1 aromatic heterocycles. The van der Waals surface area contributed by atoms with Crippen LogP contribution in [0.3, 0.4) is 0 Å². The molecule has 0 radical (unpaired) electrons. The van der Waals surface area contributed by atoms with Crippen LogP contribution >= 0.6 is 0 Å². The number of anilines is 2. The maximum atomic E-state index is 12.5. The van der Waals surface area contributed by atoms with Crippen LogP contribution in [0.4, 0.5) is 11.4 Å². The van der Waals surface area contributed by atoms with Crippen molar-refractivity contribution in [3.8, 4) is 0 Å². The highest BCUT2D eigenvalue weighted by atomic mass is 16.3. The first-order chi connectivity index (χ1) is 14.5. The summed E-state index contributed by atoms with van der Waals surface area (Å²) in [6, 6.07) is 17.5. The second-order valence-corrected chi connectivity index (χ2v) is 7.53. The second kappa shape index (κ2) is 8.45. The Bertz CT molecular complexity index is 1040. The van der Waals surface area contributed by atoms with Crippen LogP contribution in [0.15, 0.2) is 65.3 Å². The van der Waals surface area contributed by atoms with Gasteiger partial charge in [0.2, 0.25) is 0 Å². The summed E-state index contributed by atoms with van der Waals surface area (Å²) >= 11 is 0. The van der Waals surface area contributed by atoms with E-state index >= 15 is 0 Å². The molecule has 2 N–H and O–H groups in total. The number of nitrogens with one attached hydrogen (secondary N) is 2. The van der Waals surface area contributed by atoms with Gasteiger partial charge in [-0.25, -0.2) is 0 Å². The van der Waals surface area contributed by atoms with Gasteiger partial charge in [-0.1, -0.05) is 36.4 Å². The van der Waals surface area contributed by atoms with Gasteiger partial charge in [0, 0.05) is 24.5 Å². The molecule has 1 aliphatic heterocycles. The predicted octanol–water partition coefficient (Wildman–Crippen LogP) is 3.76. The summed E-state index contributed by atoms with van der Waals surface area (Å²) in [5.74, 6) is -0.587. The van der Waals surface area contributed by atoms with E-state index in [1.807, 2.05) is 56.3 Å². The van der Waals surface area contributed by atoms with Crippen LogP contribution in [0.1, 0.15) is 28.5 Å². The maximum Gasteiger partial charge on any atom is 0.313 e. The van der Waals surface area contributed by atoms with E-state index in [1.165, 1.54) is 5.56 Å². The van der Waals surface area contributed by atoms with Gasteiger partial charge in [-0.3, -0.25) is 9.59 Å². The standard InChI is InChI=1S/C24H25N3O3/c1-16-7-5-8-17(2)22(16)26-24(29)23(28)25-15-20(21-11-6-14-30-21)27-13-12-18-9-3-4-10-19(18)27/h3-11,14,20H,12-13,15H2,1-2H3,(H,25,28)(H,26,29)/t20-/m0/s1. The molecule has 0 fully saturated rings. The summed E-state index contributed by atoms with van der Waals surface area (Å²) in [6.07, 6.45) is 2.56. The fourth-order valence-corrected chi connectivity index (χ4v) is 3.98. The zero-order valence-corrected chi connectivity index (χ0v) is 17.1. The van der Waals surface area contributed by atoms with Crippen molar-refractivity contribution >= 4 is 23.2 Å². The van der Waals surface area contributed by atoms with Gasteiger partial charge in [0.25, 0.3) is 0 Å². The third kappa shape index (κ3) is 3.94. The van der Waals surface area contributed by atoms with Crippen LogP contribution in [-0.2, 0) is 16.0 Å². The Hall–Kier alpha value is -3.54. The number of amides is 2. The number of carbonyl (C=O) groups is 2. The lowest BCUT2D eigenvalue weighted by Gasteiger charge is -2.29. The van der Waals surface area contributed by atoms with Crippen LogP contribution in [0.5, 0.6) is 0 Å². The van der Waals surface area contributed by atoms with Crippen molar-refractivity contribution in [2.45, 2.75) is 26.3 Å². The topological polar surface area (TPSA) is 74.6 Å². The summed E-state index contributed by atoms with van der Waals surface area (Å²) in [6.45, 7) is 4.90. The number of hydrogen-bond donors (Lipinski definition) is 2. The number of hydrogen-bond acceptors (Lipinski definition) is 4. The molecule has 2 aromatic carbocycles. The molecular weight excluding hydrogens is 378 g/mol. The lowest BCUT2D eigenvalue weighted by molar-refractivity contribution is -0.136. The fourth-order valence-electron chi connectivity index (χ4n) is 3.98. The smallest absolute Gasteiger partial charge is 0.313 e. The average molecular weight is 403 g/mol. The first-order valence-corrected chi connectivity index (χ1v) is 10.1. The molecule has 0 aliphatic carbocycles. The van der Waals surface area contributed by atoms with Crippen molar-refractivity contribution in [3.05, 3.63) is 83.3 Å². The third-order valence-corrected chi connectivity index (χ3v) is 5.55. The summed E-state index contributed by atoms with van der Waals surface area (Å²) in [4.78, 5) is 27.2. The normalized spacial score (nSPS) is 13.6. The SMILES string of the molecule is Cc1cccc(C)c1NC(=O)C(=O)NC[C@@H](c1ccco1)N1CCc2ccccc21. The zero-order chi connectivity index (χ0) is 21.1.